The molecule has 0 spiro atoms. The lowest BCUT2D eigenvalue weighted by atomic mass is 10.1. The van der Waals surface area contributed by atoms with Gasteiger partial charge in [-0.25, -0.2) is 0 Å². The van der Waals surface area contributed by atoms with Crippen LogP contribution in [-0.2, 0) is 0 Å². The Morgan fingerprint density at radius 3 is 2.75 bits per heavy atom. The van der Waals surface area contributed by atoms with Crippen LogP contribution in [0.1, 0.15) is 19.4 Å². The monoisotopic (exact) mass is 222 g/mol. The molecule has 4 nitrogen and oxygen atoms in total. The third-order valence-corrected chi connectivity index (χ3v) is 1.96. The smallest absolute Gasteiger partial charge is 0.124 e. The van der Waals surface area contributed by atoms with Crippen molar-refractivity contribution in [1.29, 1.82) is 0 Å². The first-order chi connectivity index (χ1) is 7.42. The molecule has 4 heteroatoms. The molecule has 0 fully saturated rings. The van der Waals surface area contributed by atoms with Crippen molar-refractivity contribution in [3.05, 3.63) is 23.8 Å². The number of methoxy groups -OCH3 is 1. The molecule has 0 aromatic heterocycles. The van der Waals surface area contributed by atoms with Crippen molar-refractivity contribution < 1.29 is 9.84 Å². The normalized spacial score (nSPS) is 12.0. The molecule has 0 aliphatic carbocycles. The lowest BCUT2D eigenvalue weighted by Crippen LogP contribution is -2.35. The van der Waals surface area contributed by atoms with Crippen LogP contribution in [0.25, 0.3) is 0 Å². The highest BCUT2D eigenvalue weighted by molar-refractivity contribution is 5.84. The molecule has 0 atom stereocenters. The average molecular weight is 222 g/mol. The fourth-order valence-electron chi connectivity index (χ4n) is 1.14. The van der Waals surface area contributed by atoms with E-state index in [1.807, 2.05) is 13.8 Å². The molecule has 1 aromatic rings. The Morgan fingerprint density at radius 1 is 1.50 bits per heavy atom. The van der Waals surface area contributed by atoms with Crippen molar-refractivity contribution in [3.8, 4) is 11.5 Å². The molecule has 0 saturated carbocycles. The summed E-state index contributed by atoms with van der Waals surface area (Å²) in [5.41, 5.74) is 6.08. The first-order valence-electron chi connectivity index (χ1n) is 5.08. The SMILES string of the molecule is COc1ccc(O)c(C=NCC(C)(C)N)c1. The second kappa shape index (κ2) is 4.99. The molecule has 1 aromatic carbocycles. The van der Waals surface area contributed by atoms with E-state index >= 15 is 0 Å². The van der Waals surface area contributed by atoms with Crippen molar-refractivity contribution >= 4 is 6.21 Å². The van der Waals surface area contributed by atoms with Crippen molar-refractivity contribution in [2.24, 2.45) is 10.7 Å². The Bertz CT molecular complexity index is 381. The number of phenols is 1. The molecular formula is C12H18N2O2. The number of aliphatic imine (C=N–C) groups is 1. The molecule has 0 unspecified atom stereocenters. The van der Waals surface area contributed by atoms with Gasteiger partial charge in [-0.2, -0.15) is 0 Å². The van der Waals surface area contributed by atoms with Crippen LogP contribution in [0.3, 0.4) is 0 Å². The summed E-state index contributed by atoms with van der Waals surface area (Å²) >= 11 is 0. The molecule has 0 heterocycles. The number of hydrogen-bond acceptors (Lipinski definition) is 4. The lowest BCUT2D eigenvalue weighted by Gasteiger charge is -2.14. The number of ether oxygens (including phenoxy) is 1. The minimum atomic E-state index is -0.342. The zero-order valence-electron chi connectivity index (χ0n) is 9.90. The summed E-state index contributed by atoms with van der Waals surface area (Å²) in [4.78, 5) is 4.18. The maximum absolute atomic E-state index is 9.58. The van der Waals surface area contributed by atoms with Crippen LogP contribution in [0.2, 0.25) is 0 Å². The first kappa shape index (κ1) is 12.5. The summed E-state index contributed by atoms with van der Waals surface area (Å²) in [6.45, 7) is 4.30. The van der Waals surface area contributed by atoms with Crippen LogP contribution in [0.15, 0.2) is 23.2 Å². The largest absolute Gasteiger partial charge is 0.507 e. The molecular weight excluding hydrogens is 204 g/mol. The number of benzene rings is 1. The predicted octanol–water partition coefficient (Wildman–Crippen LogP) is 1.56. The molecule has 88 valence electrons. The van der Waals surface area contributed by atoms with Gasteiger partial charge in [0.15, 0.2) is 0 Å². The van der Waals surface area contributed by atoms with Crippen molar-refractivity contribution in [2.45, 2.75) is 19.4 Å². The molecule has 3 N–H and O–H groups in total. The zero-order valence-corrected chi connectivity index (χ0v) is 9.90. The van der Waals surface area contributed by atoms with Gasteiger partial charge in [0.05, 0.1) is 13.7 Å². The second-order valence-corrected chi connectivity index (χ2v) is 4.38. The molecule has 0 aliphatic rings. The minimum absolute atomic E-state index is 0.180. The van der Waals surface area contributed by atoms with E-state index in [0.717, 1.165) is 0 Å². The third kappa shape index (κ3) is 3.90. The maximum atomic E-state index is 9.58. The zero-order chi connectivity index (χ0) is 12.2. The van der Waals surface area contributed by atoms with Crippen molar-refractivity contribution in [2.75, 3.05) is 13.7 Å². The molecule has 16 heavy (non-hydrogen) atoms. The summed E-state index contributed by atoms with van der Waals surface area (Å²) in [5.74, 6) is 0.866. The van der Waals surface area contributed by atoms with Gasteiger partial charge in [0.2, 0.25) is 0 Å². The van der Waals surface area contributed by atoms with Gasteiger partial charge in [-0.05, 0) is 32.0 Å². The fraction of sp³-hybridized carbons (Fsp3) is 0.417. The van der Waals surface area contributed by atoms with Crippen molar-refractivity contribution in [3.63, 3.8) is 0 Å². The predicted molar refractivity (Wildman–Crippen MR) is 65.4 cm³/mol. The van der Waals surface area contributed by atoms with Gasteiger partial charge >= 0.3 is 0 Å². The Morgan fingerprint density at radius 2 is 2.19 bits per heavy atom. The Balaban J connectivity index is 2.80. The summed E-state index contributed by atoms with van der Waals surface area (Å²) in [6.07, 6.45) is 1.60. The summed E-state index contributed by atoms with van der Waals surface area (Å²) in [5, 5.41) is 9.58. The summed E-state index contributed by atoms with van der Waals surface area (Å²) in [6, 6.07) is 5.00. The van der Waals surface area contributed by atoms with Gasteiger partial charge in [-0.3, -0.25) is 4.99 Å². The van der Waals surface area contributed by atoms with Gasteiger partial charge in [0.25, 0.3) is 0 Å². The molecule has 0 radical (unpaired) electrons. The van der Waals surface area contributed by atoms with Crippen molar-refractivity contribution in [1.82, 2.24) is 0 Å². The molecule has 1 rings (SSSR count). The number of hydrogen-bond donors (Lipinski definition) is 2. The van der Waals surface area contributed by atoms with Gasteiger partial charge in [0.1, 0.15) is 11.5 Å². The van der Waals surface area contributed by atoms with E-state index in [1.54, 1.807) is 31.5 Å². The number of phenolic OH excluding ortho intramolecular Hbond substituents is 1. The third-order valence-electron chi connectivity index (χ3n) is 1.96. The quantitative estimate of drug-likeness (QED) is 0.760. The van der Waals surface area contributed by atoms with Crippen LogP contribution in [0, 0.1) is 0 Å². The molecule has 0 amide bonds. The molecule has 0 bridgehead atoms. The average Bonchev–Trinajstić information content (AvgIpc) is 2.19. The highest BCUT2D eigenvalue weighted by atomic mass is 16.5. The van der Waals surface area contributed by atoms with E-state index < -0.39 is 0 Å². The van der Waals surface area contributed by atoms with E-state index in [2.05, 4.69) is 4.99 Å². The van der Waals surface area contributed by atoms with Crippen LogP contribution in [0.5, 0.6) is 11.5 Å². The minimum Gasteiger partial charge on any atom is -0.507 e. The van der Waals surface area contributed by atoms with Crippen LogP contribution >= 0.6 is 0 Å². The fourth-order valence-corrected chi connectivity index (χ4v) is 1.14. The van der Waals surface area contributed by atoms with Gasteiger partial charge in [0, 0.05) is 17.3 Å². The number of nitrogens with two attached hydrogens (primary N) is 1. The number of nitrogens with zero attached hydrogens (tertiary/aromatic N) is 1. The second-order valence-electron chi connectivity index (χ2n) is 4.38. The van der Waals surface area contributed by atoms with Crippen LogP contribution in [0.4, 0.5) is 0 Å². The molecule has 0 aliphatic heterocycles. The van der Waals surface area contributed by atoms with Crippen LogP contribution in [-0.4, -0.2) is 30.5 Å². The summed E-state index contributed by atoms with van der Waals surface area (Å²) in [7, 11) is 1.58. The number of rotatable bonds is 4. The summed E-state index contributed by atoms with van der Waals surface area (Å²) < 4.78 is 5.06. The highest BCUT2D eigenvalue weighted by Crippen LogP contribution is 2.21. The Labute approximate surface area is 95.8 Å². The topological polar surface area (TPSA) is 67.8 Å². The van der Waals surface area contributed by atoms with E-state index in [9.17, 15) is 5.11 Å². The van der Waals surface area contributed by atoms with E-state index in [0.29, 0.717) is 17.9 Å². The van der Waals surface area contributed by atoms with Crippen LogP contribution < -0.4 is 10.5 Å². The van der Waals surface area contributed by atoms with Gasteiger partial charge < -0.3 is 15.6 Å². The maximum Gasteiger partial charge on any atom is 0.124 e. The Kier molecular flexibility index (Phi) is 3.90. The van der Waals surface area contributed by atoms with Gasteiger partial charge in [-0.1, -0.05) is 0 Å². The highest BCUT2D eigenvalue weighted by Gasteiger charge is 2.08. The standard InChI is InChI=1S/C12H18N2O2/c1-12(2,13)8-14-7-9-6-10(16-3)4-5-11(9)15/h4-7,15H,8,13H2,1-3H3. The van der Waals surface area contributed by atoms with Gasteiger partial charge in [-0.15, -0.1) is 0 Å². The molecule has 0 saturated heterocycles. The lowest BCUT2D eigenvalue weighted by molar-refractivity contribution is 0.412. The first-order valence-corrected chi connectivity index (χ1v) is 5.08. The number of aromatic hydroxyl groups is 1. The van der Waals surface area contributed by atoms with E-state index in [1.165, 1.54) is 0 Å². The van der Waals surface area contributed by atoms with E-state index in [4.69, 9.17) is 10.5 Å². The van der Waals surface area contributed by atoms with E-state index in [-0.39, 0.29) is 11.3 Å². The Hall–Kier alpha value is -1.55.